The van der Waals surface area contributed by atoms with Crippen molar-refractivity contribution in [1.29, 1.82) is 5.26 Å². The predicted molar refractivity (Wildman–Crippen MR) is 60.3 cm³/mol. The minimum absolute atomic E-state index is 0.00308. The zero-order valence-corrected chi connectivity index (χ0v) is 10.6. The van der Waals surface area contributed by atoms with Gasteiger partial charge in [-0.25, -0.2) is 0 Å². The van der Waals surface area contributed by atoms with Gasteiger partial charge in [0.25, 0.3) is 0 Å². The van der Waals surface area contributed by atoms with Gasteiger partial charge in [0.1, 0.15) is 5.41 Å². The maximum absolute atomic E-state index is 11.9. The van der Waals surface area contributed by atoms with Crippen molar-refractivity contribution in [3.05, 3.63) is 0 Å². The van der Waals surface area contributed by atoms with Gasteiger partial charge >= 0.3 is 0 Å². The predicted octanol–water partition coefficient (Wildman–Crippen LogP) is 0.473. The highest BCUT2D eigenvalue weighted by Crippen LogP contribution is 2.22. The van der Waals surface area contributed by atoms with Crippen LogP contribution in [0, 0.1) is 16.7 Å². The SMILES string of the molecule is CCC(C)(C#N)C(=O)N(C)CC(=O)N(C)C. The van der Waals surface area contributed by atoms with E-state index in [-0.39, 0.29) is 18.4 Å². The number of carbonyl (C=O) groups excluding carboxylic acids is 2. The Labute approximate surface area is 96.6 Å². The number of nitriles is 1. The Balaban J connectivity index is 4.64. The summed E-state index contributed by atoms with van der Waals surface area (Å²) < 4.78 is 0. The lowest BCUT2D eigenvalue weighted by molar-refractivity contribution is -0.142. The van der Waals surface area contributed by atoms with Crippen LogP contribution in [0.1, 0.15) is 20.3 Å². The van der Waals surface area contributed by atoms with Crippen LogP contribution in [0.25, 0.3) is 0 Å². The molecule has 0 aliphatic heterocycles. The highest BCUT2D eigenvalue weighted by molar-refractivity contribution is 5.89. The molecule has 0 aromatic heterocycles. The van der Waals surface area contributed by atoms with Gasteiger partial charge in [0.15, 0.2) is 0 Å². The van der Waals surface area contributed by atoms with E-state index in [0.717, 1.165) is 0 Å². The number of hydrogen-bond donors (Lipinski definition) is 0. The molecule has 0 N–H and O–H groups in total. The number of amides is 2. The first-order chi connectivity index (χ1) is 7.28. The Kier molecular flexibility index (Phi) is 4.96. The third kappa shape index (κ3) is 3.23. The molecule has 0 aliphatic rings. The fraction of sp³-hybridized carbons (Fsp3) is 0.727. The summed E-state index contributed by atoms with van der Waals surface area (Å²) in [5, 5.41) is 8.96. The summed E-state index contributed by atoms with van der Waals surface area (Å²) in [6, 6.07) is 2.00. The van der Waals surface area contributed by atoms with E-state index < -0.39 is 5.41 Å². The third-order valence-corrected chi connectivity index (χ3v) is 2.64. The minimum Gasteiger partial charge on any atom is -0.347 e. The molecular weight excluding hydrogens is 206 g/mol. The zero-order chi connectivity index (χ0) is 12.9. The lowest BCUT2D eigenvalue weighted by Gasteiger charge is -2.26. The van der Waals surface area contributed by atoms with Crippen molar-refractivity contribution in [1.82, 2.24) is 9.80 Å². The number of nitrogens with zero attached hydrogens (tertiary/aromatic N) is 3. The first-order valence-electron chi connectivity index (χ1n) is 5.15. The average molecular weight is 225 g/mol. The van der Waals surface area contributed by atoms with Crippen LogP contribution in [0.4, 0.5) is 0 Å². The summed E-state index contributed by atoms with van der Waals surface area (Å²) in [7, 11) is 4.79. The Morgan fingerprint density at radius 3 is 2.12 bits per heavy atom. The highest BCUT2D eigenvalue weighted by Gasteiger charge is 2.34. The van der Waals surface area contributed by atoms with Gasteiger partial charge < -0.3 is 9.80 Å². The summed E-state index contributed by atoms with van der Waals surface area (Å²) in [6.45, 7) is 3.37. The molecule has 0 heterocycles. The normalized spacial score (nSPS) is 13.5. The molecule has 16 heavy (non-hydrogen) atoms. The van der Waals surface area contributed by atoms with E-state index in [1.807, 2.05) is 6.07 Å². The lowest BCUT2D eigenvalue weighted by Crippen LogP contribution is -2.44. The first kappa shape index (κ1) is 14.4. The summed E-state index contributed by atoms with van der Waals surface area (Å²) in [5.41, 5.74) is -1.04. The second-order valence-electron chi connectivity index (χ2n) is 4.25. The number of hydrogen-bond acceptors (Lipinski definition) is 3. The van der Waals surface area contributed by atoms with Crippen LogP contribution < -0.4 is 0 Å². The zero-order valence-electron chi connectivity index (χ0n) is 10.6. The maximum atomic E-state index is 11.9. The highest BCUT2D eigenvalue weighted by atomic mass is 16.2. The monoisotopic (exact) mass is 225 g/mol. The fourth-order valence-electron chi connectivity index (χ4n) is 1.12. The largest absolute Gasteiger partial charge is 0.347 e. The molecule has 5 heteroatoms. The topological polar surface area (TPSA) is 64.4 Å². The van der Waals surface area contributed by atoms with E-state index in [0.29, 0.717) is 6.42 Å². The fourth-order valence-corrected chi connectivity index (χ4v) is 1.12. The van der Waals surface area contributed by atoms with Crippen LogP contribution in [0.3, 0.4) is 0 Å². The van der Waals surface area contributed by atoms with E-state index in [1.54, 1.807) is 27.9 Å². The van der Waals surface area contributed by atoms with Crippen LogP contribution in [0.15, 0.2) is 0 Å². The molecule has 2 amide bonds. The van der Waals surface area contributed by atoms with Crippen molar-refractivity contribution in [2.24, 2.45) is 5.41 Å². The van der Waals surface area contributed by atoms with Crippen LogP contribution in [-0.2, 0) is 9.59 Å². The molecule has 1 atom stereocenters. The van der Waals surface area contributed by atoms with Crippen molar-refractivity contribution in [2.75, 3.05) is 27.7 Å². The molecular formula is C11H19N3O2. The van der Waals surface area contributed by atoms with Crippen LogP contribution in [0.2, 0.25) is 0 Å². The quantitative estimate of drug-likeness (QED) is 0.698. The van der Waals surface area contributed by atoms with Crippen molar-refractivity contribution < 1.29 is 9.59 Å². The molecule has 0 saturated carbocycles. The summed E-state index contributed by atoms with van der Waals surface area (Å²) >= 11 is 0. The number of likely N-dealkylation sites (N-methyl/N-ethyl adjacent to an activating group) is 2. The van der Waals surface area contributed by atoms with Gasteiger partial charge in [-0.1, -0.05) is 6.92 Å². The summed E-state index contributed by atoms with van der Waals surface area (Å²) in [5.74, 6) is -0.472. The molecule has 0 saturated heterocycles. The van der Waals surface area contributed by atoms with Gasteiger partial charge in [0.05, 0.1) is 12.6 Å². The van der Waals surface area contributed by atoms with E-state index >= 15 is 0 Å². The second kappa shape index (κ2) is 5.50. The van der Waals surface area contributed by atoms with Gasteiger partial charge in [0, 0.05) is 21.1 Å². The van der Waals surface area contributed by atoms with Crippen LogP contribution >= 0.6 is 0 Å². The van der Waals surface area contributed by atoms with Crippen molar-refractivity contribution in [2.45, 2.75) is 20.3 Å². The maximum Gasteiger partial charge on any atom is 0.242 e. The minimum atomic E-state index is -1.04. The molecule has 0 bridgehead atoms. The van der Waals surface area contributed by atoms with E-state index in [2.05, 4.69) is 0 Å². The first-order valence-corrected chi connectivity index (χ1v) is 5.15. The van der Waals surface area contributed by atoms with Gasteiger partial charge in [-0.05, 0) is 13.3 Å². The molecule has 0 rings (SSSR count). The molecule has 0 aromatic carbocycles. The number of carbonyl (C=O) groups is 2. The molecule has 0 spiro atoms. The Morgan fingerprint density at radius 1 is 1.31 bits per heavy atom. The van der Waals surface area contributed by atoms with Crippen LogP contribution in [0.5, 0.6) is 0 Å². The van der Waals surface area contributed by atoms with Crippen molar-refractivity contribution >= 4 is 11.8 Å². The Hall–Kier alpha value is -1.57. The second-order valence-corrected chi connectivity index (χ2v) is 4.25. The van der Waals surface area contributed by atoms with Gasteiger partial charge in [0.2, 0.25) is 11.8 Å². The third-order valence-electron chi connectivity index (χ3n) is 2.64. The average Bonchev–Trinajstić information content (AvgIpc) is 2.26. The van der Waals surface area contributed by atoms with Gasteiger partial charge in [-0.3, -0.25) is 9.59 Å². The molecule has 1 unspecified atom stereocenters. The van der Waals surface area contributed by atoms with E-state index in [9.17, 15) is 9.59 Å². The molecule has 0 fully saturated rings. The molecule has 5 nitrogen and oxygen atoms in total. The van der Waals surface area contributed by atoms with Crippen molar-refractivity contribution in [3.8, 4) is 6.07 Å². The lowest BCUT2D eigenvalue weighted by atomic mass is 9.88. The van der Waals surface area contributed by atoms with E-state index in [4.69, 9.17) is 5.26 Å². The molecule has 0 radical (unpaired) electrons. The smallest absolute Gasteiger partial charge is 0.242 e. The van der Waals surface area contributed by atoms with Crippen molar-refractivity contribution in [3.63, 3.8) is 0 Å². The standard InChI is InChI=1S/C11H19N3O2/c1-6-11(2,8-12)10(16)14(5)7-9(15)13(3)4/h6-7H2,1-5H3. The molecule has 0 aliphatic carbocycles. The van der Waals surface area contributed by atoms with Gasteiger partial charge in [-0.2, -0.15) is 5.26 Å². The number of rotatable bonds is 4. The van der Waals surface area contributed by atoms with Crippen LogP contribution in [-0.4, -0.2) is 49.3 Å². The Bertz CT molecular complexity index is 320. The van der Waals surface area contributed by atoms with E-state index in [1.165, 1.54) is 16.8 Å². The molecule has 0 aromatic rings. The Morgan fingerprint density at radius 2 is 1.81 bits per heavy atom. The molecule has 90 valence electrons. The summed E-state index contributed by atoms with van der Waals surface area (Å²) in [4.78, 5) is 26.0. The van der Waals surface area contributed by atoms with Gasteiger partial charge in [-0.15, -0.1) is 0 Å². The summed E-state index contributed by atoms with van der Waals surface area (Å²) in [6.07, 6.45) is 0.433.